The molecular formula is C26H25N5O2. The third-order valence-electron chi connectivity index (χ3n) is 7.31. The van der Waals surface area contributed by atoms with Gasteiger partial charge in [0.25, 0.3) is 5.91 Å². The van der Waals surface area contributed by atoms with E-state index in [0.29, 0.717) is 17.1 Å². The summed E-state index contributed by atoms with van der Waals surface area (Å²) in [7, 11) is 0. The number of nitrogens with one attached hydrogen (secondary N) is 1. The normalized spacial score (nSPS) is 20.3. The number of H-pyrrole nitrogens is 1. The SMILES string of the molecule is NC(=O)c1nccc2[nH]c(-c3cc4ccccc4nc3N3CC[C@H]4CCC[C@H]4C3)cc(=O)c12. The van der Waals surface area contributed by atoms with Gasteiger partial charge in [0, 0.05) is 36.3 Å². The van der Waals surface area contributed by atoms with Crippen molar-refractivity contribution in [3.8, 4) is 11.3 Å². The monoisotopic (exact) mass is 439 g/mol. The van der Waals surface area contributed by atoms with Crippen LogP contribution < -0.4 is 16.1 Å². The second-order valence-electron chi connectivity index (χ2n) is 9.23. The van der Waals surface area contributed by atoms with Gasteiger partial charge in [-0.3, -0.25) is 14.6 Å². The Morgan fingerprint density at radius 1 is 1.09 bits per heavy atom. The number of anilines is 1. The Bertz CT molecular complexity index is 1460. The zero-order valence-electron chi connectivity index (χ0n) is 18.3. The lowest BCUT2D eigenvalue weighted by atomic mass is 9.88. The number of hydrogen-bond donors (Lipinski definition) is 2. The Morgan fingerprint density at radius 3 is 2.82 bits per heavy atom. The Kier molecular flexibility index (Phi) is 4.64. The summed E-state index contributed by atoms with van der Waals surface area (Å²) >= 11 is 0. The van der Waals surface area contributed by atoms with Gasteiger partial charge in [0.15, 0.2) is 5.43 Å². The van der Waals surface area contributed by atoms with Gasteiger partial charge in [-0.05, 0) is 42.9 Å². The number of aromatic nitrogens is 3. The lowest BCUT2D eigenvalue weighted by Crippen LogP contribution is -2.39. The molecule has 0 spiro atoms. The molecule has 0 radical (unpaired) electrons. The molecule has 2 atom stereocenters. The van der Waals surface area contributed by atoms with Crippen LogP contribution in [0.15, 0.2) is 53.5 Å². The van der Waals surface area contributed by atoms with Crippen LogP contribution in [0, 0.1) is 11.8 Å². The van der Waals surface area contributed by atoms with Crippen LogP contribution in [0.2, 0.25) is 0 Å². The summed E-state index contributed by atoms with van der Waals surface area (Å²) in [5, 5.41) is 1.23. The maximum absolute atomic E-state index is 13.1. The average molecular weight is 440 g/mol. The van der Waals surface area contributed by atoms with E-state index in [1.165, 1.54) is 37.9 Å². The lowest BCUT2D eigenvalue weighted by molar-refractivity contribution is 0.0997. The van der Waals surface area contributed by atoms with Gasteiger partial charge in [0.05, 0.1) is 22.1 Å². The number of aromatic amines is 1. The number of piperidine rings is 1. The molecule has 7 heteroatoms. The molecule has 3 aromatic heterocycles. The van der Waals surface area contributed by atoms with Gasteiger partial charge in [-0.15, -0.1) is 0 Å². The van der Waals surface area contributed by atoms with E-state index in [0.717, 1.165) is 41.3 Å². The number of rotatable bonds is 3. The van der Waals surface area contributed by atoms with Crippen molar-refractivity contribution < 1.29 is 4.79 Å². The number of para-hydroxylation sites is 1. The second-order valence-corrected chi connectivity index (χ2v) is 9.23. The molecule has 2 aliphatic rings. The minimum Gasteiger partial charge on any atom is -0.364 e. The number of benzene rings is 1. The maximum atomic E-state index is 13.1. The molecule has 1 saturated carbocycles. The highest BCUT2D eigenvalue weighted by atomic mass is 16.1. The van der Waals surface area contributed by atoms with Crippen molar-refractivity contribution in [3.63, 3.8) is 0 Å². The number of nitrogens with two attached hydrogens (primary N) is 1. The fraction of sp³-hybridized carbons (Fsp3) is 0.308. The van der Waals surface area contributed by atoms with Gasteiger partial charge in [-0.25, -0.2) is 4.98 Å². The van der Waals surface area contributed by atoms with Crippen molar-refractivity contribution >= 4 is 33.5 Å². The van der Waals surface area contributed by atoms with E-state index in [4.69, 9.17) is 10.7 Å². The summed E-state index contributed by atoms with van der Waals surface area (Å²) in [6, 6.07) is 13.4. The van der Waals surface area contributed by atoms with E-state index in [1.54, 1.807) is 6.07 Å². The summed E-state index contributed by atoms with van der Waals surface area (Å²) in [6.45, 7) is 1.96. The molecule has 33 heavy (non-hydrogen) atoms. The summed E-state index contributed by atoms with van der Waals surface area (Å²) in [4.78, 5) is 39.7. The fourth-order valence-electron chi connectivity index (χ4n) is 5.70. The van der Waals surface area contributed by atoms with E-state index >= 15 is 0 Å². The highest BCUT2D eigenvalue weighted by Crippen LogP contribution is 2.41. The molecule has 4 heterocycles. The number of primary amides is 1. The Balaban J connectivity index is 1.54. The molecule has 7 nitrogen and oxygen atoms in total. The van der Waals surface area contributed by atoms with E-state index in [1.807, 2.05) is 24.3 Å². The number of carbonyl (C=O) groups excluding carboxylic acids is 1. The molecule has 6 rings (SSSR count). The number of fused-ring (bicyclic) bond motifs is 3. The summed E-state index contributed by atoms with van der Waals surface area (Å²) in [5.74, 6) is 1.72. The van der Waals surface area contributed by atoms with Crippen molar-refractivity contribution in [2.45, 2.75) is 25.7 Å². The molecule has 0 bridgehead atoms. The van der Waals surface area contributed by atoms with E-state index in [-0.39, 0.29) is 16.5 Å². The smallest absolute Gasteiger partial charge is 0.268 e. The molecule has 1 aliphatic carbocycles. The summed E-state index contributed by atoms with van der Waals surface area (Å²) in [5.41, 5.74) is 8.20. The number of hydrogen-bond acceptors (Lipinski definition) is 5. The van der Waals surface area contributed by atoms with E-state index in [9.17, 15) is 9.59 Å². The Labute approximate surface area is 190 Å². The van der Waals surface area contributed by atoms with Crippen LogP contribution in [0.25, 0.3) is 33.1 Å². The third kappa shape index (κ3) is 3.35. The van der Waals surface area contributed by atoms with Crippen LogP contribution in [0.5, 0.6) is 0 Å². The molecule has 166 valence electrons. The number of carbonyl (C=O) groups is 1. The fourth-order valence-corrected chi connectivity index (χ4v) is 5.70. The second kappa shape index (κ2) is 7.69. The van der Waals surface area contributed by atoms with Crippen LogP contribution in [-0.4, -0.2) is 33.9 Å². The third-order valence-corrected chi connectivity index (χ3v) is 7.31. The average Bonchev–Trinajstić information content (AvgIpc) is 3.30. The molecule has 3 N–H and O–H groups in total. The number of nitrogens with zero attached hydrogens (tertiary/aromatic N) is 3. The van der Waals surface area contributed by atoms with Gasteiger partial charge in [0.1, 0.15) is 11.5 Å². The van der Waals surface area contributed by atoms with Crippen LogP contribution in [0.3, 0.4) is 0 Å². The summed E-state index contributed by atoms with van der Waals surface area (Å²) < 4.78 is 0. The molecule has 1 aliphatic heterocycles. The Morgan fingerprint density at radius 2 is 1.94 bits per heavy atom. The van der Waals surface area contributed by atoms with Crippen LogP contribution >= 0.6 is 0 Å². The summed E-state index contributed by atoms with van der Waals surface area (Å²) in [6.07, 6.45) is 6.60. The molecule has 2 fully saturated rings. The first-order valence-corrected chi connectivity index (χ1v) is 11.6. The van der Waals surface area contributed by atoms with Gasteiger partial charge in [-0.2, -0.15) is 0 Å². The molecular weight excluding hydrogens is 414 g/mol. The van der Waals surface area contributed by atoms with Crippen LogP contribution in [0.1, 0.15) is 36.2 Å². The molecule has 1 saturated heterocycles. The highest BCUT2D eigenvalue weighted by Gasteiger charge is 2.34. The molecule has 1 amide bonds. The minimum atomic E-state index is -0.716. The molecule has 1 aromatic carbocycles. The maximum Gasteiger partial charge on any atom is 0.268 e. The van der Waals surface area contributed by atoms with Gasteiger partial charge in [0.2, 0.25) is 0 Å². The van der Waals surface area contributed by atoms with Gasteiger partial charge < -0.3 is 15.6 Å². The first-order chi connectivity index (χ1) is 16.1. The zero-order chi connectivity index (χ0) is 22.5. The van der Waals surface area contributed by atoms with Gasteiger partial charge in [-0.1, -0.05) is 31.0 Å². The van der Waals surface area contributed by atoms with Gasteiger partial charge >= 0.3 is 0 Å². The van der Waals surface area contributed by atoms with Crippen molar-refractivity contribution in [2.24, 2.45) is 17.6 Å². The van der Waals surface area contributed by atoms with E-state index in [2.05, 4.69) is 20.9 Å². The minimum absolute atomic E-state index is 0.0135. The standard InChI is InChI=1S/C26H25N5O2/c27-25(33)24-23-20(8-10-28-24)29-21(13-22(23)32)18-12-16-4-1-2-7-19(16)30-26(18)31-11-9-15-5-3-6-17(15)14-31/h1-2,4,7-8,10,12-13,15,17H,3,5-6,9,11,14H2,(H2,27,33)(H,29,32)/t15-,17+/m1/s1. The van der Waals surface area contributed by atoms with Crippen molar-refractivity contribution in [1.29, 1.82) is 0 Å². The Hall–Kier alpha value is -3.74. The predicted molar refractivity (Wildman–Crippen MR) is 129 cm³/mol. The van der Waals surface area contributed by atoms with Crippen molar-refractivity contribution in [2.75, 3.05) is 18.0 Å². The predicted octanol–water partition coefficient (Wildman–Crippen LogP) is 3.86. The zero-order valence-corrected chi connectivity index (χ0v) is 18.3. The number of pyridine rings is 3. The molecule has 0 unspecified atom stereocenters. The largest absolute Gasteiger partial charge is 0.364 e. The molecule has 4 aromatic rings. The topological polar surface area (TPSA) is 105 Å². The highest BCUT2D eigenvalue weighted by molar-refractivity contribution is 6.04. The first kappa shape index (κ1) is 19.9. The van der Waals surface area contributed by atoms with Crippen molar-refractivity contribution in [1.82, 2.24) is 15.0 Å². The van der Waals surface area contributed by atoms with E-state index < -0.39 is 5.91 Å². The lowest BCUT2D eigenvalue weighted by Gasteiger charge is -2.37. The van der Waals surface area contributed by atoms with Crippen LogP contribution in [0.4, 0.5) is 5.82 Å². The van der Waals surface area contributed by atoms with Crippen LogP contribution in [-0.2, 0) is 0 Å². The quantitative estimate of drug-likeness (QED) is 0.504. The number of amides is 1. The van der Waals surface area contributed by atoms with Crippen molar-refractivity contribution in [3.05, 3.63) is 64.6 Å². The first-order valence-electron chi connectivity index (χ1n) is 11.6.